The number of nitrogens with one attached hydrogen (secondary N) is 1. The first-order valence-electron chi connectivity index (χ1n) is 18.4. The molecule has 3 aromatic rings. The van der Waals surface area contributed by atoms with Crippen LogP contribution in [0.15, 0.2) is 48.3 Å². The van der Waals surface area contributed by atoms with Crippen LogP contribution in [-0.2, 0) is 30.5 Å². The van der Waals surface area contributed by atoms with Gasteiger partial charge in [0.2, 0.25) is 5.91 Å². The number of carbonyl (C=O) groups is 2. The maximum absolute atomic E-state index is 14.2. The molecule has 53 heavy (non-hydrogen) atoms. The number of aryl methyl sites for hydroxylation is 1. The summed E-state index contributed by atoms with van der Waals surface area (Å²) in [5.74, 6) is 0.820. The number of rotatable bonds is 7. The first kappa shape index (κ1) is 36.8. The number of piperazine rings is 1. The second-order valence-electron chi connectivity index (χ2n) is 14.6. The van der Waals surface area contributed by atoms with Gasteiger partial charge in [-0.1, -0.05) is 13.0 Å². The van der Waals surface area contributed by atoms with Crippen LogP contribution in [0.1, 0.15) is 72.2 Å². The molecule has 0 radical (unpaired) electrons. The Morgan fingerprint density at radius 1 is 1.02 bits per heavy atom. The number of likely N-dealkylation sites (N-methyl/N-ethyl adjacent to an activating group) is 1. The molecule has 2 saturated heterocycles. The molecule has 7 rings (SSSR count). The molecule has 0 spiro atoms. The lowest BCUT2D eigenvalue weighted by atomic mass is 9.92. The number of amides is 3. The molecule has 1 aromatic carbocycles. The number of urea groups is 1. The number of hydrogen-bond donors (Lipinski definition) is 2. The van der Waals surface area contributed by atoms with E-state index in [1.807, 2.05) is 31.0 Å². The molecule has 4 aliphatic rings. The number of fused-ring (bicyclic) bond motifs is 2. The van der Waals surface area contributed by atoms with Gasteiger partial charge >= 0.3 is 12.2 Å². The van der Waals surface area contributed by atoms with E-state index in [0.29, 0.717) is 75.5 Å². The Bertz CT molecular complexity index is 1880. The highest BCUT2D eigenvalue weighted by molar-refractivity contribution is 5.98. The molecule has 14 heteroatoms. The predicted molar refractivity (Wildman–Crippen MR) is 193 cm³/mol. The second kappa shape index (κ2) is 15.4. The van der Waals surface area contributed by atoms with Gasteiger partial charge < -0.3 is 29.9 Å². The Morgan fingerprint density at radius 3 is 2.57 bits per heavy atom. The van der Waals surface area contributed by atoms with Gasteiger partial charge in [0.25, 0.3) is 0 Å². The van der Waals surface area contributed by atoms with E-state index in [2.05, 4.69) is 15.2 Å². The van der Waals surface area contributed by atoms with E-state index in [1.165, 1.54) is 6.07 Å². The molecule has 11 nitrogen and oxygen atoms in total. The summed E-state index contributed by atoms with van der Waals surface area (Å²) in [6, 6.07) is 7.15. The van der Waals surface area contributed by atoms with Crippen molar-refractivity contribution in [1.82, 2.24) is 29.6 Å². The van der Waals surface area contributed by atoms with E-state index in [4.69, 9.17) is 9.72 Å². The molecule has 3 amide bonds. The van der Waals surface area contributed by atoms with Crippen LogP contribution in [0.3, 0.4) is 0 Å². The lowest BCUT2D eigenvalue weighted by Crippen LogP contribution is -2.44. The lowest BCUT2D eigenvalue weighted by molar-refractivity contribution is -0.138. The van der Waals surface area contributed by atoms with Crippen molar-refractivity contribution in [2.75, 3.05) is 58.2 Å². The molecule has 2 atom stereocenters. The van der Waals surface area contributed by atoms with Crippen LogP contribution in [0.4, 0.5) is 23.7 Å². The fourth-order valence-electron chi connectivity index (χ4n) is 7.71. The lowest BCUT2D eigenvalue weighted by Gasteiger charge is -2.34. The number of benzene rings is 1. The van der Waals surface area contributed by atoms with Gasteiger partial charge in [0, 0.05) is 87.8 Å². The van der Waals surface area contributed by atoms with Crippen LogP contribution in [0, 0.1) is 0 Å². The smallest absolute Gasteiger partial charge is 0.416 e. The number of pyridine rings is 2. The topological polar surface area (TPSA) is 114 Å². The first-order chi connectivity index (χ1) is 25.4. The van der Waals surface area contributed by atoms with Crippen molar-refractivity contribution in [2.45, 2.75) is 70.3 Å². The molecule has 282 valence electrons. The zero-order chi connectivity index (χ0) is 37.3. The van der Waals surface area contributed by atoms with Gasteiger partial charge in [0.1, 0.15) is 11.5 Å². The third-order valence-electron chi connectivity index (χ3n) is 10.8. The number of aromatic nitrogens is 2. The average molecular weight is 734 g/mol. The molecular weight excluding hydrogens is 687 g/mol. The van der Waals surface area contributed by atoms with Gasteiger partial charge in [-0.2, -0.15) is 13.2 Å². The summed E-state index contributed by atoms with van der Waals surface area (Å²) in [7, 11) is 2.00. The summed E-state index contributed by atoms with van der Waals surface area (Å²) in [4.78, 5) is 43.7. The van der Waals surface area contributed by atoms with Crippen molar-refractivity contribution >= 4 is 23.7 Å². The maximum atomic E-state index is 14.2. The van der Waals surface area contributed by atoms with Gasteiger partial charge in [-0.25, -0.2) is 4.79 Å². The number of halogens is 3. The zero-order valence-electron chi connectivity index (χ0n) is 30.2. The number of carbonyl (C=O) groups excluding carboxylic acids is 2. The SMILES string of the molecule is CC[C@H]1CN(C(=O)Nc2ccc(CN3CCN(C)CC3)c(C(F)(F)F)c2)Cc2cc(Oc3ccnc4c3C=C(C(=O)N3CC[C@@H](O)C3)CCC4)cnc21. The molecule has 2 fully saturated rings. The molecular formula is C39H46F3N7O4. The fraction of sp³-hybridized carbons (Fsp3) is 0.487. The number of nitrogens with zero attached hydrogens (tertiary/aromatic N) is 6. The molecule has 0 unspecified atom stereocenters. The third kappa shape index (κ3) is 8.34. The summed E-state index contributed by atoms with van der Waals surface area (Å²) in [6.45, 7) is 6.60. The summed E-state index contributed by atoms with van der Waals surface area (Å²) in [6.07, 6.45) is 3.42. The molecule has 5 heterocycles. The average Bonchev–Trinajstić information content (AvgIpc) is 3.45. The maximum Gasteiger partial charge on any atom is 0.416 e. The number of hydrogen-bond acceptors (Lipinski definition) is 8. The highest BCUT2D eigenvalue weighted by Crippen LogP contribution is 2.37. The van der Waals surface area contributed by atoms with Crippen LogP contribution in [0.2, 0.25) is 0 Å². The number of ether oxygens (including phenoxy) is 1. The summed E-state index contributed by atoms with van der Waals surface area (Å²) < 4.78 is 49.1. The van der Waals surface area contributed by atoms with Gasteiger partial charge in [0.05, 0.1) is 29.3 Å². The predicted octanol–water partition coefficient (Wildman–Crippen LogP) is 5.89. The molecule has 2 aromatic heterocycles. The molecule has 2 N–H and O–H groups in total. The summed E-state index contributed by atoms with van der Waals surface area (Å²) in [5.41, 5.74) is 3.37. The highest BCUT2D eigenvalue weighted by Gasteiger charge is 2.35. The number of aliphatic hydroxyl groups is 1. The van der Waals surface area contributed by atoms with E-state index in [1.54, 1.807) is 34.3 Å². The van der Waals surface area contributed by atoms with Crippen molar-refractivity contribution < 1.29 is 32.6 Å². The van der Waals surface area contributed by atoms with Crippen molar-refractivity contribution in [2.24, 2.45) is 0 Å². The zero-order valence-corrected chi connectivity index (χ0v) is 30.2. The Hall–Kier alpha value is -4.53. The second-order valence-corrected chi connectivity index (χ2v) is 14.6. The van der Waals surface area contributed by atoms with Crippen molar-refractivity contribution in [3.63, 3.8) is 0 Å². The van der Waals surface area contributed by atoms with E-state index < -0.39 is 23.9 Å². The normalized spacial score (nSPS) is 21.1. The van der Waals surface area contributed by atoms with Gasteiger partial charge in [-0.05, 0) is 80.6 Å². The van der Waals surface area contributed by atoms with E-state index in [0.717, 1.165) is 48.1 Å². The first-order valence-corrected chi connectivity index (χ1v) is 18.4. The van der Waals surface area contributed by atoms with Crippen LogP contribution < -0.4 is 10.1 Å². The summed E-state index contributed by atoms with van der Waals surface area (Å²) >= 11 is 0. The summed E-state index contributed by atoms with van der Waals surface area (Å²) in [5, 5.41) is 12.7. The quantitative estimate of drug-likeness (QED) is 0.309. The van der Waals surface area contributed by atoms with Gasteiger partial charge in [-0.3, -0.25) is 19.7 Å². The molecule has 0 saturated carbocycles. The Kier molecular flexibility index (Phi) is 10.7. The van der Waals surface area contributed by atoms with Crippen molar-refractivity contribution in [3.05, 3.63) is 81.9 Å². The molecule has 0 bridgehead atoms. The Balaban J connectivity index is 1.08. The minimum Gasteiger partial charge on any atom is -0.455 e. The number of anilines is 1. The molecule has 1 aliphatic carbocycles. The largest absolute Gasteiger partial charge is 0.455 e. The van der Waals surface area contributed by atoms with Gasteiger partial charge in [0.15, 0.2) is 0 Å². The minimum absolute atomic E-state index is 0.0759. The standard InChI is InChI=1S/C39H46F3N7O4/c1-3-25-22-49(38(52)45-29-8-7-27(33(19-29)39(40,41)42)21-47-15-13-46(2)14-16-47)23-28-17-31(20-44-36(25)28)53-35-9-11-43-34-6-4-5-26(18-32(34)35)37(51)48-12-10-30(50)24-48/h7-9,11,17-20,25,30,50H,3-6,10,12-16,21-24H2,1-2H3,(H,45,52)/t25-,30+/m0/s1. The third-order valence-corrected chi connectivity index (χ3v) is 10.8. The van der Waals surface area contributed by atoms with Crippen LogP contribution >= 0.6 is 0 Å². The van der Waals surface area contributed by atoms with Gasteiger partial charge in [-0.15, -0.1) is 0 Å². The number of aliphatic hydroxyl groups excluding tert-OH is 1. The number of β-amino-alcohol motifs (C(OH)–C–C–N with tert-alkyl or cyclic N) is 1. The monoisotopic (exact) mass is 733 g/mol. The van der Waals surface area contributed by atoms with Crippen LogP contribution in [-0.4, -0.2) is 106 Å². The van der Waals surface area contributed by atoms with Crippen LogP contribution in [0.25, 0.3) is 6.08 Å². The minimum atomic E-state index is -4.57. The van der Waals surface area contributed by atoms with Crippen LogP contribution in [0.5, 0.6) is 11.5 Å². The van der Waals surface area contributed by atoms with Crippen molar-refractivity contribution in [3.8, 4) is 11.5 Å². The molecule has 3 aliphatic heterocycles. The highest BCUT2D eigenvalue weighted by atomic mass is 19.4. The van der Waals surface area contributed by atoms with Crippen molar-refractivity contribution in [1.29, 1.82) is 0 Å². The Morgan fingerprint density at radius 2 is 1.83 bits per heavy atom. The van der Waals surface area contributed by atoms with E-state index in [9.17, 15) is 27.9 Å². The fourth-order valence-corrected chi connectivity index (χ4v) is 7.71. The van der Waals surface area contributed by atoms with E-state index >= 15 is 0 Å². The number of alkyl halides is 3. The Labute approximate surface area is 307 Å². The number of likely N-dealkylation sites (tertiary alicyclic amines) is 1. The van der Waals surface area contributed by atoms with E-state index in [-0.39, 0.29) is 36.2 Å².